The van der Waals surface area contributed by atoms with Crippen LogP contribution in [0.1, 0.15) is 39.2 Å². The van der Waals surface area contributed by atoms with Crippen molar-refractivity contribution < 1.29 is 12.8 Å². The van der Waals surface area contributed by atoms with Gasteiger partial charge in [0.2, 0.25) is 10.0 Å². The zero-order valence-corrected chi connectivity index (χ0v) is 16.7. The number of benzene rings is 1. The second-order valence-corrected chi connectivity index (χ2v) is 9.35. The maximum Gasteiger partial charge on any atom is 0.209 e. The predicted molar refractivity (Wildman–Crippen MR) is 103 cm³/mol. The number of hydrogen-bond acceptors (Lipinski definition) is 3. The monoisotopic (exact) mass is 384 g/mol. The van der Waals surface area contributed by atoms with Crippen LogP contribution in [0.25, 0.3) is 0 Å². The van der Waals surface area contributed by atoms with E-state index in [1.54, 1.807) is 26.0 Å². The molecule has 1 aromatic carbocycles. The number of nitrogens with one attached hydrogen (secondary N) is 3. The Hall–Kier alpha value is -1.67. The molecule has 1 saturated carbocycles. The normalized spacial score (nSPS) is 17.0. The van der Waals surface area contributed by atoms with E-state index in [0.717, 1.165) is 24.7 Å². The molecule has 0 unspecified atom stereocenters. The SMILES string of the molecule is CCNC(=NCC(C)(C)NS(C)(=O)=O)NCC1(c2cccc(F)c2)CC1. The summed E-state index contributed by atoms with van der Waals surface area (Å²) in [5.41, 5.74) is 0.258. The second-order valence-electron chi connectivity index (χ2n) is 7.60. The highest BCUT2D eigenvalue weighted by molar-refractivity contribution is 7.88. The lowest BCUT2D eigenvalue weighted by Gasteiger charge is -2.24. The molecule has 0 atom stereocenters. The summed E-state index contributed by atoms with van der Waals surface area (Å²) < 4.78 is 39.0. The fourth-order valence-electron chi connectivity index (χ4n) is 2.94. The van der Waals surface area contributed by atoms with Gasteiger partial charge in [-0.3, -0.25) is 4.99 Å². The van der Waals surface area contributed by atoms with Crippen LogP contribution in [0.2, 0.25) is 0 Å². The fraction of sp³-hybridized carbons (Fsp3) is 0.611. The van der Waals surface area contributed by atoms with Gasteiger partial charge >= 0.3 is 0 Å². The molecule has 0 saturated heterocycles. The first-order valence-electron chi connectivity index (χ1n) is 8.82. The van der Waals surface area contributed by atoms with Gasteiger partial charge in [-0.1, -0.05) is 12.1 Å². The Kier molecular flexibility index (Phi) is 6.29. The van der Waals surface area contributed by atoms with E-state index in [1.165, 1.54) is 6.07 Å². The molecule has 1 aliphatic carbocycles. The van der Waals surface area contributed by atoms with Gasteiger partial charge in [0.1, 0.15) is 5.82 Å². The number of sulfonamides is 1. The molecular weight excluding hydrogens is 355 g/mol. The number of hydrogen-bond donors (Lipinski definition) is 3. The smallest absolute Gasteiger partial charge is 0.209 e. The molecule has 2 rings (SSSR count). The first-order chi connectivity index (χ1) is 12.1. The number of rotatable bonds is 8. The zero-order chi connectivity index (χ0) is 19.4. The maximum atomic E-state index is 13.5. The Morgan fingerprint density at radius 1 is 1.31 bits per heavy atom. The topological polar surface area (TPSA) is 82.6 Å². The van der Waals surface area contributed by atoms with Crippen LogP contribution in [-0.2, 0) is 15.4 Å². The molecule has 0 heterocycles. The van der Waals surface area contributed by atoms with Crippen molar-refractivity contribution in [2.45, 2.75) is 44.6 Å². The zero-order valence-electron chi connectivity index (χ0n) is 15.9. The third kappa shape index (κ3) is 6.25. The minimum Gasteiger partial charge on any atom is -0.357 e. The summed E-state index contributed by atoms with van der Waals surface area (Å²) in [5, 5.41) is 6.48. The molecule has 0 aliphatic heterocycles. The van der Waals surface area contributed by atoms with Gasteiger partial charge in [0.05, 0.1) is 12.8 Å². The average molecular weight is 385 g/mol. The summed E-state index contributed by atoms with van der Waals surface area (Å²) >= 11 is 0. The van der Waals surface area contributed by atoms with Gasteiger partial charge in [-0.2, -0.15) is 0 Å². The molecule has 1 aromatic rings. The minimum atomic E-state index is -3.30. The van der Waals surface area contributed by atoms with E-state index >= 15 is 0 Å². The van der Waals surface area contributed by atoms with Crippen molar-refractivity contribution >= 4 is 16.0 Å². The lowest BCUT2D eigenvalue weighted by molar-refractivity contribution is 0.464. The summed E-state index contributed by atoms with van der Waals surface area (Å²) in [4.78, 5) is 4.50. The predicted octanol–water partition coefficient (Wildman–Crippen LogP) is 1.74. The van der Waals surface area contributed by atoms with Gasteiger partial charge in [0.15, 0.2) is 5.96 Å². The minimum absolute atomic E-state index is 0.0567. The van der Waals surface area contributed by atoms with Gasteiger partial charge in [-0.25, -0.2) is 17.5 Å². The van der Waals surface area contributed by atoms with Crippen LogP contribution in [-0.4, -0.2) is 45.8 Å². The highest BCUT2D eigenvalue weighted by Gasteiger charge is 2.44. The second kappa shape index (κ2) is 7.92. The molecule has 0 aromatic heterocycles. The molecule has 0 radical (unpaired) electrons. The highest BCUT2D eigenvalue weighted by atomic mass is 32.2. The van der Waals surface area contributed by atoms with Gasteiger partial charge < -0.3 is 10.6 Å². The van der Waals surface area contributed by atoms with Crippen molar-refractivity contribution in [2.24, 2.45) is 4.99 Å². The van der Waals surface area contributed by atoms with E-state index in [-0.39, 0.29) is 11.2 Å². The number of nitrogens with zero attached hydrogens (tertiary/aromatic N) is 1. The Balaban J connectivity index is 2.02. The van der Waals surface area contributed by atoms with E-state index in [9.17, 15) is 12.8 Å². The standard InChI is InChI=1S/C18H29FN4O2S/c1-5-20-16(21-12-17(2,3)23-26(4,24)25)22-13-18(9-10-18)14-7-6-8-15(19)11-14/h6-8,11,23H,5,9-10,12-13H2,1-4H3,(H2,20,21,22). The average Bonchev–Trinajstić information content (AvgIpc) is 3.29. The van der Waals surface area contributed by atoms with E-state index in [4.69, 9.17) is 0 Å². The van der Waals surface area contributed by atoms with Gasteiger partial charge in [-0.05, 0) is 51.3 Å². The van der Waals surface area contributed by atoms with Crippen LogP contribution in [0.3, 0.4) is 0 Å². The van der Waals surface area contributed by atoms with Crippen LogP contribution in [0.5, 0.6) is 0 Å². The van der Waals surface area contributed by atoms with E-state index in [2.05, 4.69) is 20.3 Å². The van der Waals surface area contributed by atoms with Crippen LogP contribution in [0.15, 0.2) is 29.3 Å². The third-order valence-electron chi connectivity index (χ3n) is 4.32. The van der Waals surface area contributed by atoms with Crippen molar-refractivity contribution in [3.63, 3.8) is 0 Å². The molecule has 0 bridgehead atoms. The third-order valence-corrected chi connectivity index (χ3v) is 5.25. The van der Waals surface area contributed by atoms with Gasteiger partial charge in [-0.15, -0.1) is 0 Å². The first kappa shape index (κ1) is 20.6. The highest BCUT2D eigenvalue weighted by Crippen LogP contribution is 2.47. The van der Waals surface area contributed by atoms with Crippen molar-refractivity contribution in [2.75, 3.05) is 25.9 Å². The van der Waals surface area contributed by atoms with E-state index in [0.29, 0.717) is 25.6 Å². The molecule has 8 heteroatoms. The number of guanidine groups is 1. The lowest BCUT2D eigenvalue weighted by Crippen LogP contribution is -2.47. The largest absolute Gasteiger partial charge is 0.357 e. The Morgan fingerprint density at radius 3 is 2.54 bits per heavy atom. The van der Waals surface area contributed by atoms with Crippen molar-refractivity contribution in [3.05, 3.63) is 35.6 Å². The summed E-state index contributed by atoms with van der Waals surface area (Å²) in [5.74, 6) is 0.404. The molecule has 0 spiro atoms. The molecule has 6 nitrogen and oxygen atoms in total. The van der Waals surface area contributed by atoms with Crippen LogP contribution in [0, 0.1) is 5.82 Å². The fourth-order valence-corrected chi connectivity index (χ4v) is 4.01. The Labute approximate surface area is 155 Å². The molecule has 0 amide bonds. The number of halogens is 1. The number of aliphatic imine (C=N–C) groups is 1. The van der Waals surface area contributed by atoms with Gasteiger partial charge in [0.25, 0.3) is 0 Å². The van der Waals surface area contributed by atoms with Crippen LogP contribution < -0.4 is 15.4 Å². The van der Waals surface area contributed by atoms with Crippen molar-refractivity contribution in [1.29, 1.82) is 0 Å². The maximum absolute atomic E-state index is 13.5. The molecular formula is C18H29FN4O2S. The van der Waals surface area contributed by atoms with Crippen LogP contribution in [0.4, 0.5) is 4.39 Å². The molecule has 1 fully saturated rings. The first-order valence-corrected chi connectivity index (χ1v) is 10.7. The van der Waals surface area contributed by atoms with E-state index < -0.39 is 15.6 Å². The van der Waals surface area contributed by atoms with Crippen LogP contribution >= 0.6 is 0 Å². The Bertz CT molecular complexity index is 758. The lowest BCUT2D eigenvalue weighted by atomic mass is 9.96. The van der Waals surface area contributed by atoms with Crippen molar-refractivity contribution in [1.82, 2.24) is 15.4 Å². The summed E-state index contributed by atoms with van der Waals surface area (Å²) in [7, 11) is -3.30. The van der Waals surface area contributed by atoms with E-state index in [1.807, 2.05) is 13.0 Å². The summed E-state index contributed by atoms with van der Waals surface area (Å²) in [6.07, 6.45) is 3.14. The molecule has 3 N–H and O–H groups in total. The van der Waals surface area contributed by atoms with Crippen molar-refractivity contribution in [3.8, 4) is 0 Å². The Morgan fingerprint density at radius 2 is 2.00 bits per heavy atom. The molecule has 146 valence electrons. The summed E-state index contributed by atoms with van der Waals surface area (Å²) in [6, 6.07) is 6.75. The summed E-state index contributed by atoms with van der Waals surface area (Å²) in [6.45, 7) is 7.19. The van der Waals surface area contributed by atoms with Gasteiger partial charge in [0, 0.05) is 24.0 Å². The molecule has 1 aliphatic rings. The molecule has 26 heavy (non-hydrogen) atoms. The quantitative estimate of drug-likeness (QED) is 0.471.